The lowest BCUT2D eigenvalue weighted by atomic mass is 10.2. The van der Waals surface area contributed by atoms with E-state index in [1.807, 2.05) is 13.8 Å². The van der Waals surface area contributed by atoms with Crippen molar-refractivity contribution in [1.82, 2.24) is 4.57 Å². The maximum atomic E-state index is 11.6. The number of aldehydes is 1. The molecule has 5 heteroatoms. The van der Waals surface area contributed by atoms with Gasteiger partial charge in [0.2, 0.25) is 0 Å². The molecule has 0 unspecified atom stereocenters. The molecule has 0 saturated heterocycles. The third kappa shape index (κ3) is 1.55. The fourth-order valence-corrected chi connectivity index (χ4v) is 1.92. The van der Waals surface area contributed by atoms with Crippen LogP contribution in [0.1, 0.15) is 30.2 Å². The monoisotopic (exact) mass is 239 g/mol. The standard InChI is InChI=1S/C11H10ClNO3/c1-6(2)13-9-4-8(12)3-7(5-14)10(9)16-11(13)15/h3-6H,1-2H3. The van der Waals surface area contributed by atoms with Crippen molar-refractivity contribution in [3.63, 3.8) is 0 Å². The van der Waals surface area contributed by atoms with E-state index in [1.54, 1.807) is 6.07 Å². The predicted octanol–water partition coefficient (Wildman–Crippen LogP) is 2.64. The first kappa shape index (κ1) is 11.0. The first-order chi connectivity index (χ1) is 7.54. The lowest BCUT2D eigenvalue weighted by Gasteiger charge is -2.05. The summed E-state index contributed by atoms with van der Waals surface area (Å²) in [6.07, 6.45) is 0.627. The minimum absolute atomic E-state index is 0.0493. The highest BCUT2D eigenvalue weighted by molar-refractivity contribution is 6.31. The molecule has 16 heavy (non-hydrogen) atoms. The van der Waals surface area contributed by atoms with E-state index in [9.17, 15) is 9.59 Å². The highest BCUT2D eigenvalue weighted by atomic mass is 35.5. The van der Waals surface area contributed by atoms with E-state index in [1.165, 1.54) is 10.6 Å². The topological polar surface area (TPSA) is 52.2 Å². The van der Waals surface area contributed by atoms with Crippen LogP contribution in [0.15, 0.2) is 21.3 Å². The number of hydrogen-bond acceptors (Lipinski definition) is 3. The molecular weight excluding hydrogens is 230 g/mol. The second-order valence-electron chi connectivity index (χ2n) is 3.79. The van der Waals surface area contributed by atoms with Crippen LogP contribution in [-0.2, 0) is 0 Å². The number of halogens is 1. The number of fused-ring (bicyclic) bond motifs is 1. The van der Waals surface area contributed by atoms with Crippen LogP contribution in [0.2, 0.25) is 5.02 Å². The first-order valence-corrected chi connectivity index (χ1v) is 5.22. The van der Waals surface area contributed by atoms with Gasteiger partial charge in [0.1, 0.15) is 0 Å². The van der Waals surface area contributed by atoms with Gasteiger partial charge in [-0.1, -0.05) is 11.6 Å². The Bertz CT molecular complexity index is 609. The van der Waals surface area contributed by atoms with Gasteiger partial charge in [-0.15, -0.1) is 0 Å². The van der Waals surface area contributed by atoms with Crippen molar-refractivity contribution in [1.29, 1.82) is 0 Å². The van der Waals surface area contributed by atoms with Crippen molar-refractivity contribution in [3.05, 3.63) is 33.3 Å². The number of rotatable bonds is 2. The number of benzene rings is 1. The third-order valence-electron chi connectivity index (χ3n) is 2.35. The molecule has 0 amide bonds. The van der Waals surface area contributed by atoms with Crippen LogP contribution in [0.4, 0.5) is 0 Å². The number of aromatic nitrogens is 1. The normalized spacial score (nSPS) is 11.2. The summed E-state index contributed by atoms with van der Waals surface area (Å²) in [6, 6.07) is 3.05. The van der Waals surface area contributed by atoms with Crippen molar-refractivity contribution in [2.24, 2.45) is 0 Å². The SMILES string of the molecule is CC(C)n1c(=O)oc2c(C=O)cc(Cl)cc21. The second-order valence-corrected chi connectivity index (χ2v) is 4.23. The molecule has 1 aromatic carbocycles. The van der Waals surface area contributed by atoms with E-state index in [0.717, 1.165) is 0 Å². The van der Waals surface area contributed by atoms with Gasteiger partial charge in [0.25, 0.3) is 0 Å². The van der Waals surface area contributed by atoms with E-state index in [-0.39, 0.29) is 11.6 Å². The molecule has 0 bridgehead atoms. The Labute approximate surface area is 96.4 Å². The third-order valence-corrected chi connectivity index (χ3v) is 2.57. The van der Waals surface area contributed by atoms with Gasteiger partial charge in [-0.25, -0.2) is 4.79 Å². The molecule has 4 nitrogen and oxygen atoms in total. The van der Waals surface area contributed by atoms with Gasteiger partial charge < -0.3 is 4.42 Å². The maximum absolute atomic E-state index is 11.6. The number of hydrogen-bond donors (Lipinski definition) is 0. The van der Waals surface area contributed by atoms with Crippen molar-refractivity contribution >= 4 is 29.0 Å². The van der Waals surface area contributed by atoms with Crippen LogP contribution in [0, 0.1) is 0 Å². The predicted molar refractivity (Wildman–Crippen MR) is 61.3 cm³/mol. The van der Waals surface area contributed by atoms with E-state index in [0.29, 0.717) is 22.4 Å². The zero-order chi connectivity index (χ0) is 11.9. The summed E-state index contributed by atoms with van der Waals surface area (Å²) in [6.45, 7) is 3.72. The molecule has 0 N–H and O–H groups in total. The summed E-state index contributed by atoms with van der Waals surface area (Å²) < 4.78 is 6.52. The van der Waals surface area contributed by atoms with Crippen molar-refractivity contribution in [2.45, 2.75) is 19.9 Å². The quantitative estimate of drug-likeness (QED) is 0.757. The van der Waals surface area contributed by atoms with Gasteiger partial charge in [0.05, 0.1) is 11.1 Å². The molecule has 0 aliphatic carbocycles. The average Bonchev–Trinajstić information content (AvgIpc) is 2.52. The van der Waals surface area contributed by atoms with E-state index < -0.39 is 5.76 Å². The zero-order valence-corrected chi connectivity index (χ0v) is 9.62. The largest absolute Gasteiger partial charge is 0.420 e. The molecule has 0 saturated carbocycles. The number of nitrogens with zero attached hydrogens (tertiary/aromatic N) is 1. The van der Waals surface area contributed by atoms with E-state index in [4.69, 9.17) is 16.0 Å². The molecule has 2 rings (SSSR count). The lowest BCUT2D eigenvalue weighted by Crippen LogP contribution is -2.15. The summed E-state index contributed by atoms with van der Waals surface area (Å²) >= 11 is 5.87. The molecule has 0 fully saturated rings. The van der Waals surface area contributed by atoms with E-state index in [2.05, 4.69) is 0 Å². The Morgan fingerprint density at radius 1 is 1.44 bits per heavy atom. The van der Waals surface area contributed by atoms with Crippen molar-refractivity contribution < 1.29 is 9.21 Å². The van der Waals surface area contributed by atoms with Gasteiger partial charge in [-0.3, -0.25) is 9.36 Å². The molecule has 0 aliphatic heterocycles. The van der Waals surface area contributed by atoms with E-state index >= 15 is 0 Å². The molecule has 84 valence electrons. The fraction of sp³-hybridized carbons (Fsp3) is 0.273. The van der Waals surface area contributed by atoms with Crippen LogP contribution in [0.3, 0.4) is 0 Å². The molecule has 0 aliphatic rings. The Hall–Kier alpha value is -1.55. The molecule has 0 atom stereocenters. The lowest BCUT2D eigenvalue weighted by molar-refractivity contribution is 0.112. The smallest absolute Gasteiger partial charge is 0.407 e. The van der Waals surface area contributed by atoms with Gasteiger partial charge in [-0.2, -0.15) is 0 Å². The summed E-state index contributed by atoms with van der Waals surface area (Å²) in [4.78, 5) is 22.4. The second kappa shape index (κ2) is 3.79. The maximum Gasteiger partial charge on any atom is 0.420 e. The van der Waals surface area contributed by atoms with Crippen LogP contribution < -0.4 is 5.76 Å². The Kier molecular flexibility index (Phi) is 2.59. The number of oxazole rings is 1. The molecule has 2 aromatic rings. The summed E-state index contributed by atoms with van der Waals surface area (Å²) in [5, 5.41) is 0.407. The van der Waals surface area contributed by atoms with Gasteiger partial charge >= 0.3 is 5.76 Å². The van der Waals surface area contributed by atoms with Crippen LogP contribution >= 0.6 is 11.6 Å². The minimum Gasteiger partial charge on any atom is -0.407 e. The molecular formula is C11H10ClNO3. The van der Waals surface area contributed by atoms with Crippen molar-refractivity contribution in [2.75, 3.05) is 0 Å². The Balaban J connectivity index is 2.94. The van der Waals surface area contributed by atoms with Gasteiger partial charge in [0.15, 0.2) is 11.9 Å². The molecule has 0 spiro atoms. The highest BCUT2D eigenvalue weighted by Crippen LogP contribution is 2.24. The summed E-state index contributed by atoms with van der Waals surface area (Å²) in [5.74, 6) is -0.477. The zero-order valence-electron chi connectivity index (χ0n) is 8.86. The summed E-state index contributed by atoms with van der Waals surface area (Å²) in [7, 11) is 0. The highest BCUT2D eigenvalue weighted by Gasteiger charge is 2.15. The Morgan fingerprint density at radius 2 is 2.12 bits per heavy atom. The molecule has 1 aromatic heterocycles. The average molecular weight is 240 g/mol. The fourth-order valence-electron chi connectivity index (χ4n) is 1.70. The van der Waals surface area contributed by atoms with Crippen LogP contribution in [0.5, 0.6) is 0 Å². The molecule has 1 heterocycles. The Morgan fingerprint density at radius 3 is 2.69 bits per heavy atom. The van der Waals surface area contributed by atoms with Gasteiger partial charge in [-0.05, 0) is 26.0 Å². The van der Waals surface area contributed by atoms with Crippen molar-refractivity contribution in [3.8, 4) is 0 Å². The van der Waals surface area contributed by atoms with Gasteiger partial charge in [0, 0.05) is 11.1 Å². The minimum atomic E-state index is -0.477. The first-order valence-electron chi connectivity index (χ1n) is 4.84. The van der Waals surface area contributed by atoms with Crippen LogP contribution in [-0.4, -0.2) is 10.9 Å². The molecule has 0 radical (unpaired) electrons. The summed E-state index contributed by atoms with van der Waals surface area (Å²) in [5.41, 5.74) is 1.13. The van der Waals surface area contributed by atoms with Crippen LogP contribution in [0.25, 0.3) is 11.1 Å². The number of carbonyl (C=O) groups is 1. The number of carbonyl (C=O) groups excluding carboxylic acids is 1.